The summed E-state index contributed by atoms with van der Waals surface area (Å²) in [6.45, 7) is 0. The van der Waals surface area contributed by atoms with E-state index in [1.165, 1.54) is 21.2 Å². The lowest BCUT2D eigenvalue weighted by Gasteiger charge is -2.12. The van der Waals surface area contributed by atoms with Crippen LogP contribution in [0.1, 0.15) is 5.56 Å². The van der Waals surface area contributed by atoms with Gasteiger partial charge in [-0.3, -0.25) is 0 Å². The first-order chi connectivity index (χ1) is 4.97. The molecule has 1 aromatic rings. The van der Waals surface area contributed by atoms with Crippen molar-refractivity contribution in [3.63, 3.8) is 0 Å². The zero-order chi connectivity index (χ0) is 6.81. The van der Waals surface area contributed by atoms with E-state index < -0.39 is 0 Å². The zero-order valence-electron chi connectivity index (χ0n) is 5.72. The van der Waals surface area contributed by atoms with Crippen molar-refractivity contribution in [2.24, 2.45) is 0 Å². The van der Waals surface area contributed by atoms with E-state index in [2.05, 4.69) is 24.3 Å². The van der Waals surface area contributed by atoms with E-state index in [1.54, 1.807) is 10.8 Å². The highest BCUT2D eigenvalue weighted by atomic mass is 28.3. The van der Waals surface area contributed by atoms with E-state index in [9.17, 15) is 0 Å². The van der Waals surface area contributed by atoms with Crippen LogP contribution in [-0.4, -0.2) is 19.0 Å². The van der Waals surface area contributed by atoms with Gasteiger partial charge in [-0.25, -0.2) is 0 Å². The van der Waals surface area contributed by atoms with Gasteiger partial charge in [0, 0.05) is 9.52 Å². The second-order valence-corrected chi connectivity index (χ2v) is 5.60. The Bertz CT molecular complexity index is 207. The van der Waals surface area contributed by atoms with Gasteiger partial charge >= 0.3 is 0 Å². The quantitative estimate of drug-likeness (QED) is 0.488. The molecule has 4 radical (unpaired) electrons. The Balaban J connectivity index is 2.41. The first-order valence-corrected chi connectivity index (χ1v) is 6.11. The van der Waals surface area contributed by atoms with E-state index in [4.69, 9.17) is 0 Å². The number of hydrogen-bond donors (Lipinski definition) is 0. The zero-order valence-corrected chi connectivity index (χ0v) is 7.72. The van der Waals surface area contributed by atoms with Gasteiger partial charge in [0.25, 0.3) is 0 Å². The van der Waals surface area contributed by atoms with Gasteiger partial charge < -0.3 is 0 Å². The largest absolute Gasteiger partial charge is 0.0777 e. The topological polar surface area (TPSA) is 0 Å². The Labute approximate surface area is 66.3 Å². The van der Waals surface area contributed by atoms with Crippen LogP contribution in [0.25, 0.3) is 0 Å². The minimum Gasteiger partial charge on any atom is -0.0643 e. The van der Waals surface area contributed by atoms with E-state index in [0.717, 1.165) is 9.52 Å². The lowest BCUT2D eigenvalue weighted by molar-refractivity contribution is 1.39. The molecule has 1 aromatic carbocycles. The van der Waals surface area contributed by atoms with Gasteiger partial charge in [-0.15, -0.1) is 0 Å². The SMILES string of the molecule is c1ccc2c(c1)C[Si]C[Si]2. The van der Waals surface area contributed by atoms with Crippen LogP contribution in [-0.2, 0) is 6.04 Å². The summed E-state index contributed by atoms with van der Waals surface area (Å²) in [6, 6.07) is 10.2. The van der Waals surface area contributed by atoms with Crippen LogP contribution in [0.2, 0.25) is 5.67 Å². The van der Waals surface area contributed by atoms with Crippen LogP contribution < -0.4 is 5.19 Å². The highest BCUT2D eigenvalue weighted by Gasteiger charge is 2.07. The van der Waals surface area contributed by atoms with Crippen LogP contribution in [0.15, 0.2) is 24.3 Å². The van der Waals surface area contributed by atoms with Crippen molar-refractivity contribution >= 4 is 24.2 Å². The molecule has 1 heterocycles. The van der Waals surface area contributed by atoms with Gasteiger partial charge in [-0.05, 0) is 6.04 Å². The predicted octanol–water partition coefficient (Wildman–Crippen LogP) is 0.610. The molecule has 0 atom stereocenters. The van der Waals surface area contributed by atoms with Crippen LogP contribution in [0.4, 0.5) is 0 Å². The molecule has 1 aliphatic rings. The molecule has 0 bridgehead atoms. The summed E-state index contributed by atoms with van der Waals surface area (Å²) in [5.74, 6) is 0. The molecule has 2 heteroatoms. The van der Waals surface area contributed by atoms with E-state index >= 15 is 0 Å². The van der Waals surface area contributed by atoms with Gasteiger partial charge in [0.2, 0.25) is 0 Å². The minimum absolute atomic E-state index is 1.09. The van der Waals surface area contributed by atoms with Crippen LogP contribution in [0.5, 0.6) is 0 Å². The highest BCUT2D eigenvalue weighted by Crippen LogP contribution is 2.02. The van der Waals surface area contributed by atoms with Crippen LogP contribution in [0.3, 0.4) is 0 Å². The summed E-state index contributed by atoms with van der Waals surface area (Å²) in [5.41, 5.74) is 3.04. The third kappa shape index (κ3) is 1.09. The fourth-order valence-electron chi connectivity index (χ4n) is 1.20. The summed E-state index contributed by atoms with van der Waals surface area (Å²) < 4.78 is 0. The van der Waals surface area contributed by atoms with E-state index in [0.29, 0.717) is 0 Å². The van der Waals surface area contributed by atoms with Gasteiger partial charge in [0.1, 0.15) is 0 Å². The van der Waals surface area contributed by atoms with Crippen LogP contribution in [0, 0.1) is 0 Å². The lowest BCUT2D eigenvalue weighted by atomic mass is 10.2. The first kappa shape index (κ1) is 6.37. The molecule has 0 unspecified atom stereocenters. The van der Waals surface area contributed by atoms with Crippen molar-refractivity contribution in [1.29, 1.82) is 0 Å². The average Bonchev–Trinajstić information content (AvgIpc) is 2.05. The molecule has 2 rings (SSSR count). The Kier molecular flexibility index (Phi) is 1.73. The number of hydrogen-bond acceptors (Lipinski definition) is 0. The summed E-state index contributed by atoms with van der Waals surface area (Å²) in [5, 5.41) is 1.61. The van der Waals surface area contributed by atoms with Gasteiger partial charge in [-0.1, -0.05) is 40.7 Å². The maximum atomic E-state index is 2.28. The molecule has 0 nitrogen and oxygen atoms in total. The molecule has 48 valence electrons. The van der Waals surface area contributed by atoms with Gasteiger partial charge in [-0.2, -0.15) is 0 Å². The highest BCUT2D eigenvalue weighted by molar-refractivity contribution is 6.67. The van der Waals surface area contributed by atoms with Crippen molar-refractivity contribution in [3.05, 3.63) is 29.8 Å². The average molecular weight is 160 g/mol. The van der Waals surface area contributed by atoms with E-state index in [1.807, 2.05) is 0 Å². The standard InChI is InChI=1S/C8H8Si2/c1-2-4-8-7(3-1)5-9-6-10-8/h1-4H,5-6H2. The lowest BCUT2D eigenvalue weighted by Crippen LogP contribution is -2.27. The number of benzene rings is 1. The second kappa shape index (κ2) is 2.72. The normalized spacial score (nSPS) is 16.4. The van der Waals surface area contributed by atoms with Crippen molar-refractivity contribution in [2.75, 3.05) is 0 Å². The molecular weight excluding hydrogens is 152 g/mol. The Hall–Kier alpha value is -0.346. The summed E-state index contributed by atoms with van der Waals surface area (Å²) in [6.07, 6.45) is 0. The molecule has 0 N–H and O–H groups in total. The number of fused-ring (bicyclic) bond motifs is 1. The third-order valence-electron chi connectivity index (χ3n) is 1.74. The molecule has 0 amide bonds. The van der Waals surface area contributed by atoms with Gasteiger partial charge in [0.15, 0.2) is 0 Å². The Morgan fingerprint density at radius 1 is 1.20 bits per heavy atom. The summed E-state index contributed by atoms with van der Waals surface area (Å²) in [4.78, 5) is 0. The monoisotopic (exact) mass is 160 g/mol. The molecule has 1 aliphatic heterocycles. The molecule has 0 aliphatic carbocycles. The van der Waals surface area contributed by atoms with Gasteiger partial charge in [0.05, 0.1) is 9.52 Å². The molecule has 0 spiro atoms. The molecule has 0 saturated heterocycles. The first-order valence-electron chi connectivity index (χ1n) is 3.49. The van der Waals surface area contributed by atoms with Crippen LogP contribution >= 0.6 is 0 Å². The van der Waals surface area contributed by atoms with E-state index in [-0.39, 0.29) is 0 Å². The Morgan fingerprint density at radius 2 is 2.10 bits per heavy atom. The fourth-order valence-corrected chi connectivity index (χ4v) is 4.33. The molecular formula is C8H8Si2. The molecule has 0 saturated carbocycles. The second-order valence-electron chi connectivity index (χ2n) is 2.44. The summed E-state index contributed by atoms with van der Waals surface area (Å²) >= 11 is 0. The molecule has 10 heavy (non-hydrogen) atoms. The fraction of sp³-hybridized carbons (Fsp3) is 0.250. The van der Waals surface area contributed by atoms with Crippen molar-refractivity contribution in [1.82, 2.24) is 0 Å². The van der Waals surface area contributed by atoms with Crippen molar-refractivity contribution in [2.45, 2.75) is 11.7 Å². The maximum Gasteiger partial charge on any atom is 0.0777 e. The minimum atomic E-state index is 1.09. The third-order valence-corrected chi connectivity index (χ3v) is 4.94. The smallest absolute Gasteiger partial charge is 0.0643 e. The molecule has 0 fully saturated rings. The maximum absolute atomic E-state index is 2.28. The van der Waals surface area contributed by atoms with Crippen molar-refractivity contribution < 1.29 is 0 Å². The number of rotatable bonds is 0. The summed E-state index contributed by atoms with van der Waals surface area (Å²) in [7, 11) is 2.27. The predicted molar refractivity (Wildman–Crippen MR) is 46.1 cm³/mol. The van der Waals surface area contributed by atoms with Crippen molar-refractivity contribution in [3.8, 4) is 0 Å². The Morgan fingerprint density at radius 3 is 3.00 bits per heavy atom. The molecule has 0 aromatic heterocycles.